The standard InChI is InChI=1S/C10H11Cl5O2/c1-3-17-5-4-8(13)6(11)7(12)9(5,14)10(8,15)16-2/h5H,3-4H2,1-2H3/t5-,8+,9-,10-/m0/s1. The molecule has 2 bridgehead atoms. The molecule has 0 unspecified atom stereocenters. The molecule has 1 fully saturated rings. The summed E-state index contributed by atoms with van der Waals surface area (Å²) in [5.41, 5.74) is 0. The van der Waals surface area contributed by atoms with Gasteiger partial charge in [0.25, 0.3) is 0 Å². The van der Waals surface area contributed by atoms with Crippen LogP contribution in [0.5, 0.6) is 0 Å². The maximum absolute atomic E-state index is 6.54. The number of rotatable bonds is 3. The fraction of sp³-hybridized carbons (Fsp3) is 0.800. The van der Waals surface area contributed by atoms with Crippen molar-refractivity contribution in [3.05, 3.63) is 10.1 Å². The molecule has 17 heavy (non-hydrogen) atoms. The Morgan fingerprint density at radius 2 is 1.82 bits per heavy atom. The molecule has 0 aromatic heterocycles. The predicted molar refractivity (Wildman–Crippen MR) is 71.5 cm³/mol. The molecule has 0 heterocycles. The van der Waals surface area contributed by atoms with Crippen LogP contribution in [-0.4, -0.2) is 34.6 Å². The molecule has 0 aliphatic heterocycles. The molecule has 0 radical (unpaired) electrons. The van der Waals surface area contributed by atoms with Crippen LogP contribution >= 0.6 is 58.0 Å². The lowest BCUT2D eigenvalue weighted by molar-refractivity contribution is 0.00718. The molecule has 0 aromatic rings. The monoisotopic (exact) mass is 338 g/mol. The molecule has 0 N–H and O–H groups in total. The third-order valence-corrected chi connectivity index (χ3v) is 6.96. The summed E-state index contributed by atoms with van der Waals surface area (Å²) < 4.78 is 10.9. The van der Waals surface area contributed by atoms with E-state index in [9.17, 15) is 0 Å². The molecule has 0 amide bonds. The van der Waals surface area contributed by atoms with Crippen LogP contribution in [0.4, 0.5) is 0 Å². The van der Waals surface area contributed by atoms with Crippen molar-refractivity contribution >= 4 is 58.0 Å². The van der Waals surface area contributed by atoms with Crippen molar-refractivity contribution in [1.29, 1.82) is 0 Å². The molecule has 2 rings (SSSR count). The van der Waals surface area contributed by atoms with Gasteiger partial charge >= 0.3 is 0 Å². The Morgan fingerprint density at radius 3 is 2.24 bits per heavy atom. The van der Waals surface area contributed by atoms with E-state index < -0.39 is 20.9 Å². The van der Waals surface area contributed by atoms with Crippen LogP contribution in [-0.2, 0) is 9.47 Å². The third kappa shape index (κ3) is 1.44. The highest BCUT2D eigenvalue weighted by Gasteiger charge is 2.80. The molecule has 2 nitrogen and oxygen atoms in total. The Labute approximate surface area is 125 Å². The fourth-order valence-corrected chi connectivity index (χ4v) is 4.89. The Balaban J connectivity index is 2.57. The van der Waals surface area contributed by atoms with Gasteiger partial charge < -0.3 is 9.47 Å². The quantitative estimate of drug-likeness (QED) is 0.722. The van der Waals surface area contributed by atoms with Crippen molar-refractivity contribution in [2.75, 3.05) is 13.7 Å². The van der Waals surface area contributed by atoms with Crippen LogP contribution < -0.4 is 0 Å². The van der Waals surface area contributed by atoms with E-state index in [1.54, 1.807) is 0 Å². The van der Waals surface area contributed by atoms with Gasteiger partial charge in [0.1, 0.15) is 4.87 Å². The first-order valence-electron chi connectivity index (χ1n) is 5.09. The lowest BCUT2D eigenvalue weighted by Crippen LogP contribution is -2.52. The van der Waals surface area contributed by atoms with Crippen LogP contribution in [0.15, 0.2) is 10.1 Å². The van der Waals surface area contributed by atoms with Crippen LogP contribution in [0.25, 0.3) is 0 Å². The van der Waals surface area contributed by atoms with E-state index in [0.717, 1.165) is 0 Å². The minimum atomic E-state index is -1.41. The van der Waals surface area contributed by atoms with Crippen molar-refractivity contribution in [3.8, 4) is 0 Å². The van der Waals surface area contributed by atoms with Crippen molar-refractivity contribution in [2.45, 2.75) is 34.3 Å². The van der Waals surface area contributed by atoms with E-state index >= 15 is 0 Å². The molecular formula is C10H11Cl5O2. The average Bonchev–Trinajstić information content (AvgIpc) is 2.54. The van der Waals surface area contributed by atoms with Gasteiger partial charge in [-0.05, 0) is 6.92 Å². The van der Waals surface area contributed by atoms with Gasteiger partial charge in [0.2, 0.25) is 0 Å². The summed E-state index contributed by atoms with van der Waals surface area (Å²) in [7, 11) is 1.43. The summed E-state index contributed by atoms with van der Waals surface area (Å²) in [5, 5.41) is -0.960. The zero-order valence-corrected chi connectivity index (χ0v) is 13.0. The minimum Gasteiger partial charge on any atom is -0.376 e. The number of halogens is 5. The lowest BCUT2D eigenvalue weighted by Gasteiger charge is -2.37. The molecule has 98 valence electrons. The molecule has 7 heteroatoms. The number of hydrogen-bond donors (Lipinski definition) is 0. The third-order valence-electron chi connectivity index (χ3n) is 3.40. The molecule has 2 aliphatic rings. The normalized spacial score (nSPS) is 49.2. The highest BCUT2D eigenvalue weighted by Crippen LogP contribution is 2.71. The summed E-state index contributed by atoms with van der Waals surface area (Å²) in [6, 6.07) is 0. The van der Waals surface area contributed by atoms with Crippen LogP contribution in [0.3, 0.4) is 0 Å². The Bertz CT molecular complexity index is 387. The predicted octanol–water partition coefficient (Wildman–Crippen LogP) is 4.03. The summed E-state index contributed by atoms with van der Waals surface area (Å²) in [6.45, 7) is 2.33. The number of ether oxygens (including phenoxy) is 2. The van der Waals surface area contributed by atoms with Gasteiger partial charge in [-0.15, -0.1) is 23.2 Å². The van der Waals surface area contributed by atoms with Crippen molar-refractivity contribution in [1.82, 2.24) is 0 Å². The van der Waals surface area contributed by atoms with Crippen molar-refractivity contribution < 1.29 is 9.47 Å². The van der Waals surface area contributed by atoms with Gasteiger partial charge in [0, 0.05) is 20.1 Å². The van der Waals surface area contributed by atoms with Crippen LogP contribution in [0.2, 0.25) is 0 Å². The van der Waals surface area contributed by atoms with E-state index in [2.05, 4.69) is 0 Å². The second-order valence-electron chi connectivity index (χ2n) is 4.09. The van der Waals surface area contributed by atoms with E-state index in [-0.39, 0.29) is 10.1 Å². The van der Waals surface area contributed by atoms with E-state index in [4.69, 9.17) is 67.5 Å². The first-order chi connectivity index (χ1) is 7.79. The summed E-state index contributed by atoms with van der Waals surface area (Å²) in [5.74, 6) is 0. The highest BCUT2D eigenvalue weighted by molar-refractivity contribution is 6.56. The number of alkyl halides is 3. The molecular weight excluding hydrogens is 329 g/mol. The molecule has 0 aromatic carbocycles. The molecule has 0 spiro atoms. The average molecular weight is 340 g/mol. The van der Waals surface area contributed by atoms with Crippen LogP contribution in [0.1, 0.15) is 13.3 Å². The molecule has 1 saturated carbocycles. The maximum atomic E-state index is 6.54. The summed E-state index contributed by atoms with van der Waals surface area (Å²) in [4.78, 5) is -2.40. The Morgan fingerprint density at radius 1 is 1.24 bits per heavy atom. The first kappa shape index (κ1) is 14.5. The largest absolute Gasteiger partial charge is 0.376 e. The molecule has 2 aliphatic carbocycles. The van der Waals surface area contributed by atoms with Crippen molar-refractivity contribution in [2.24, 2.45) is 0 Å². The van der Waals surface area contributed by atoms with Gasteiger partial charge in [-0.3, -0.25) is 0 Å². The Kier molecular flexibility index (Phi) is 3.68. The fourth-order valence-electron chi connectivity index (χ4n) is 2.55. The molecule has 0 saturated heterocycles. The first-order valence-corrected chi connectivity index (χ1v) is 6.98. The highest BCUT2D eigenvalue weighted by atomic mass is 35.5. The van der Waals surface area contributed by atoms with Gasteiger partial charge in [0.05, 0.1) is 16.2 Å². The van der Waals surface area contributed by atoms with E-state index in [1.165, 1.54) is 7.11 Å². The minimum absolute atomic E-state index is 0.206. The summed E-state index contributed by atoms with van der Waals surface area (Å²) in [6.07, 6.45) is -0.0720. The van der Waals surface area contributed by atoms with E-state index in [0.29, 0.717) is 13.0 Å². The van der Waals surface area contributed by atoms with Gasteiger partial charge in [-0.1, -0.05) is 34.8 Å². The number of fused-ring (bicyclic) bond motifs is 2. The SMILES string of the molecule is CCO[C@H]1C[C@@]2(Cl)C(Cl)=C(Cl)[C@]1(Cl)[C@@]2(Cl)OC. The Hall–Kier alpha value is 1.11. The second kappa shape index (κ2) is 4.31. The number of methoxy groups -OCH3 is 1. The maximum Gasteiger partial charge on any atom is 0.192 e. The second-order valence-corrected chi connectivity index (χ2v) is 6.62. The smallest absolute Gasteiger partial charge is 0.192 e. The molecule has 4 atom stereocenters. The van der Waals surface area contributed by atoms with E-state index in [1.807, 2.05) is 6.92 Å². The van der Waals surface area contributed by atoms with Crippen LogP contribution in [0, 0.1) is 0 Å². The van der Waals surface area contributed by atoms with Gasteiger partial charge in [-0.25, -0.2) is 0 Å². The van der Waals surface area contributed by atoms with Crippen molar-refractivity contribution in [3.63, 3.8) is 0 Å². The zero-order valence-electron chi connectivity index (χ0n) is 9.20. The van der Waals surface area contributed by atoms with Gasteiger partial charge in [0.15, 0.2) is 9.93 Å². The summed E-state index contributed by atoms with van der Waals surface area (Å²) >= 11 is 31.8. The topological polar surface area (TPSA) is 18.5 Å². The zero-order chi connectivity index (χ0) is 13.1. The number of hydrogen-bond acceptors (Lipinski definition) is 2. The van der Waals surface area contributed by atoms with Gasteiger partial charge in [-0.2, -0.15) is 0 Å². The lowest BCUT2D eigenvalue weighted by atomic mass is 10.0.